The molecule has 1 aliphatic rings. The smallest absolute Gasteiger partial charge is 0.406 e. The van der Waals surface area contributed by atoms with E-state index in [0.29, 0.717) is 38.3 Å². The molecule has 0 saturated carbocycles. The molecule has 162 valence electrons. The number of aryl methyl sites for hydroxylation is 1. The van der Waals surface area contributed by atoms with Crippen molar-refractivity contribution in [1.29, 1.82) is 0 Å². The number of alkyl halides is 3. The average molecular weight is 441 g/mol. The summed E-state index contributed by atoms with van der Waals surface area (Å²) in [7, 11) is 0. The second-order valence-corrected chi connectivity index (χ2v) is 7.89. The summed E-state index contributed by atoms with van der Waals surface area (Å²) in [5, 5.41) is 4.65. The molecule has 10 heteroatoms. The van der Waals surface area contributed by atoms with Crippen molar-refractivity contribution < 1.29 is 27.5 Å². The molecule has 0 spiro atoms. The normalized spacial score (nSPS) is 15.1. The lowest BCUT2D eigenvalue weighted by molar-refractivity contribution is -0.274. The summed E-state index contributed by atoms with van der Waals surface area (Å²) in [6, 6.07) is 8.98. The van der Waals surface area contributed by atoms with Gasteiger partial charge in [0.2, 0.25) is 11.8 Å². The van der Waals surface area contributed by atoms with Gasteiger partial charge in [-0.05, 0) is 42.1 Å². The summed E-state index contributed by atoms with van der Waals surface area (Å²) in [5.41, 5.74) is 0.386. The molecule has 1 N–H and O–H groups in total. The summed E-state index contributed by atoms with van der Waals surface area (Å²) in [5.74, 6) is -0.494. The number of nitrogens with one attached hydrogen (secondary N) is 1. The van der Waals surface area contributed by atoms with E-state index in [4.69, 9.17) is 0 Å². The van der Waals surface area contributed by atoms with Crippen LogP contribution in [-0.2, 0) is 16.0 Å². The second kappa shape index (κ2) is 9.94. The van der Waals surface area contributed by atoms with Gasteiger partial charge >= 0.3 is 6.36 Å². The van der Waals surface area contributed by atoms with E-state index in [1.807, 2.05) is 27.3 Å². The van der Waals surface area contributed by atoms with E-state index < -0.39 is 6.36 Å². The molecule has 0 atom stereocenters. The summed E-state index contributed by atoms with van der Waals surface area (Å²) >= 11 is 1.64. The lowest BCUT2D eigenvalue weighted by atomic mass is 10.2. The highest BCUT2D eigenvalue weighted by Crippen LogP contribution is 2.24. The number of ether oxygens (including phenoxy) is 1. The number of hydrogen-bond donors (Lipinski definition) is 1. The lowest BCUT2D eigenvalue weighted by Crippen LogP contribution is -2.50. The van der Waals surface area contributed by atoms with Gasteiger partial charge in [0.1, 0.15) is 5.75 Å². The molecule has 2 amide bonds. The third kappa shape index (κ3) is 7.03. The molecule has 1 saturated heterocycles. The highest BCUT2D eigenvalue weighted by Gasteiger charge is 2.31. The van der Waals surface area contributed by atoms with Crippen LogP contribution in [0.2, 0.25) is 0 Å². The maximum Gasteiger partial charge on any atom is 0.573 e. The van der Waals surface area contributed by atoms with E-state index in [-0.39, 0.29) is 24.1 Å². The zero-order chi connectivity index (χ0) is 21.6. The van der Waals surface area contributed by atoms with Crippen LogP contribution in [0.4, 0.5) is 18.9 Å². The minimum atomic E-state index is -4.75. The summed E-state index contributed by atoms with van der Waals surface area (Å²) in [4.78, 5) is 29.5. The van der Waals surface area contributed by atoms with Crippen molar-refractivity contribution in [3.63, 3.8) is 0 Å². The Morgan fingerprint density at radius 3 is 2.37 bits per heavy atom. The van der Waals surface area contributed by atoms with E-state index in [2.05, 4.69) is 10.1 Å². The molecule has 0 radical (unpaired) electrons. The Hall–Kier alpha value is -2.59. The van der Waals surface area contributed by atoms with E-state index >= 15 is 0 Å². The highest BCUT2D eigenvalue weighted by atomic mass is 32.1. The van der Waals surface area contributed by atoms with Crippen LogP contribution in [0.1, 0.15) is 11.3 Å². The Balaban J connectivity index is 1.38. The maximum atomic E-state index is 12.3. The average Bonchev–Trinajstić information content (AvgIpc) is 3.21. The number of hydrogen-bond acceptors (Lipinski definition) is 5. The van der Waals surface area contributed by atoms with Gasteiger partial charge in [-0.2, -0.15) is 0 Å². The number of nitrogens with zero attached hydrogens (tertiary/aromatic N) is 2. The largest absolute Gasteiger partial charge is 0.573 e. The first-order chi connectivity index (χ1) is 14.3. The molecule has 1 aromatic carbocycles. The molecular weight excluding hydrogens is 419 g/mol. The quantitative estimate of drug-likeness (QED) is 0.716. The third-order valence-electron chi connectivity index (χ3n) is 4.63. The Morgan fingerprint density at radius 2 is 1.77 bits per heavy atom. The van der Waals surface area contributed by atoms with Crippen molar-refractivity contribution in [2.75, 3.05) is 38.0 Å². The first-order valence-corrected chi connectivity index (χ1v) is 10.3. The Morgan fingerprint density at radius 1 is 1.07 bits per heavy atom. The zero-order valence-corrected chi connectivity index (χ0v) is 17.0. The fourth-order valence-electron chi connectivity index (χ4n) is 3.14. The van der Waals surface area contributed by atoms with E-state index in [1.54, 1.807) is 11.3 Å². The number of halogens is 3. The second-order valence-electron chi connectivity index (χ2n) is 6.86. The van der Waals surface area contributed by atoms with Crippen molar-refractivity contribution in [3.05, 3.63) is 46.7 Å². The van der Waals surface area contributed by atoms with Gasteiger partial charge in [-0.25, -0.2) is 0 Å². The molecular formula is C20H22F3N3O3S. The number of rotatable bonds is 7. The van der Waals surface area contributed by atoms with Crippen LogP contribution in [0.5, 0.6) is 5.75 Å². The van der Waals surface area contributed by atoms with E-state index in [9.17, 15) is 22.8 Å². The van der Waals surface area contributed by atoms with Gasteiger partial charge in [0.25, 0.3) is 0 Å². The monoisotopic (exact) mass is 441 g/mol. The van der Waals surface area contributed by atoms with Crippen molar-refractivity contribution >= 4 is 28.8 Å². The van der Waals surface area contributed by atoms with Gasteiger partial charge < -0.3 is 15.0 Å². The number of anilines is 1. The minimum Gasteiger partial charge on any atom is -0.406 e. The molecule has 0 unspecified atom stereocenters. The third-order valence-corrected chi connectivity index (χ3v) is 5.57. The minimum absolute atomic E-state index is 0.119. The summed E-state index contributed by atoms with van der Waals surface area (Å²) < 4.78 is 40.3. The molecule has 2 heterocycles. The first-order valence-electron chi connectivity index (χ1n) is 9.47. The SMILES string of the molecule is O=C(CN1CCN(C(=O)CCc2cccs2)CC1)Nc1ccc(OC(F)(F)F)cc1. The van der Waals surface area contributed by atoms with Gasteiger partial charge in [-0.1, -0.05) is 6.07 Å². The van der Waals surface area contributed by atoms with Gasteiger partial charge in [0, 0.05) is 43.2 Å². The molecule has 0 bridgehead atoms. The Labute approximate surface area is 176 Å². The number of thiophene rings is 1. The van der Waals surface area contributed by atoms with Gasteiger partial charge in [-0.15, -0.1) is 24.5 Å². The first kappa shape index (κ1) is 22.1. The number of piperazine rings is 1. The Kier molecular flexibility index (Phi) is 7.33. The molecule has 1 aliphatic heterocycles. The van der Waals surface area contributed by atoms with Gasteiger partial charge in [0.15, 0.2) is 0 Å². The van der Waals surface area contributed by atoms with Crippen molar-refractivity contribution in [2.45, 2.75) is 19.2 Å². The standard InChI is InChI=1S/C20H22F3N3O3S/c21-20(22,23)29-16-5-3-15(4-6-16)24-18(27)14-25-9-11-26(12-10-25)19(28)8-7-17-2-1-13-30-17/h1-6,13H,7-12,14H2,(H,24,27). The molecule has 0 aliphatic carbocycles. The molecule has 6 nitrogen and oxygen atoms in total. The fourth-order valence-corrected chi connectivity index (χ4v) is 3.85. The van der Waals surface area contributed by atoms with Crippen LogP contribution in [0.15, 0.2) is 41.8 Å². The summed E-state index contributed by atoms with van der Waals surface area (Å²) in [6.07, 6.45) is -3.53. The Bertz CT molecular complexity index is 833. The van der Waals surface area contributed by atoms with Gasteiger partial charge in [-0.3, -0.25) is 14.5 Å². The number of carbonyl (C=O) groups excluding carboxylic acids is 2. The number of amides is 2. The van der Waals surface area contributed by atoms with E-state index in [0.717, 1.165) is 18.6 Å². The van der Waals surface area contributed by atoms with Crippen molar-refractivity contribution in [3.8, 4) is 5.75 Å². The van der Waals surface area contributed by atoms with Crippen LogP contribution in [-0.4, -0.2) is 60.7 Å². The molecule has 3 rings (SSSR count). The van der Waals surface area contributed by atoms with Crippen LogP contribution in [0.3, 0.4) is 0 Å². The van der Waals surface area contributed by atoms with Crippen LogP contribution in [0.25, 0.3) is 0 Å². The van der Waals surface area contributed by atoms with Crippen molar-refractivity contribution in [2.24, 2.45) is 0 Å². The molecule has 30 heavy (non-hydrogen) atoms. The summed E-state index contributed by atoms with van der Waals surface area (Å²) in [6.45, 7) is 2.48. The lowest BCUT2D eigenvalue weighted by Gasteiger charge is -2.34. The van der Waals surface area contributed by atoms with Crippen LogP contribution in [0, 0.1) is 0 Å². The maximum absolute atomic E-state index is 12.3. The number of carbonyl (C=O) groups is 2. The zero-order valence-electron chi connectivity index (χ0n) is 16.2. The molecule has 1 aromatic heterocycles. The number of benzene rings is 1. The topological polar surface area (TPSA) is 61.9 Å². The van der Waals surface area contributed by atoms with Gasteiger partial charge in [0.05, 0.1) is 6.54 Å². The highest BCUT2D eigenvalue weighted by molar-refractivity contribution is 7.09. The molecule has 1 fully saturated rings. The van der Waals surface area contributed by atoms with Crippen LogP contribution < -0.4 is 10.1 Å². The fraction of sp³-hybridized carbons (Fsp3) is 0.400. The van der Waals surface area contributed by atoms with E-state index in [1.165, 1.54) is 17.0 Å². The van der Waals surface area contributed by atoms with Crippen molar-refractivity contribution in [1.82, 2.24) is 9.80 Å². The molecule has 2 aromatic rings. The predicted molar refractivity (Wildman–Crippen MR) is 107 cm³/mol. The predicted octanol–water partition coefficient (Wildman–Crippen LogP) is 3.36. The van der Waals surface area contributed by atoms with Crippen LogP contribution >= 0.6 is 11.3 Å².